The van der Waals surface area contributed by atoms with Crippen molar-refractivity contribution in [3.05, 3.63) is 148 Å². The number of anilines is 1. The number of carbonyl (C=O) groups excluding carboxylic acids is 1. The number of amides is 1. The molecule has 1 saturated carbocycles. The van der Waals surface area contributed by atoms with E-state index in [1.165, 1.54) is 30.6 Å². The van der Waals surface area contributed by atoms with Crippen molar-refractivity contribution in [1.29, 1.82) is 0 Å². The van der Waals surface area contributed by atoms with Crippen molar-refractivity contribution in [3.63, 3.8) is 0 Å². The summed E-state index contributed by atoms with van der Waals surface area (Å²) in [6.07, 6.45) is 1.97. The van der Waals surface area contributed by atoms with Gasteiger partial charge in [-0.3, -0.25) is 9.69 Å². The van der Waals surface area contributed by atoms with Gasteiger partial charge in [-0.2, -0.15) is 0 Å². The quantitative estimate of drug-likeness (QED) is 0.0400. The molecule has 0 radical (unpaired) electrons. The van der Waals surface area contributed by atoms with Gasteiger partial charge in [-0.15, -0.1) is 0 Å². The number of aliphatic hydroxyl groups excluding tert-OH is 6. The molecule has 9 atom stereocenters. The summed E-state index contributed by atoms with van der Waals surface area (Å²) in [5, 5.41) is 121. The minimum atomic E-state index is -3.20. The molecule has 18 heteroatoms. The van der Waals surface area contributed by atoms with E-state index < -0.39 is 89.3 Å². The number of aromatic amines is 1. The number of H-pyrrole nitrogens is 1. The molecule has 0 spiro atoms. The molecule has 0 bridgehead atoms. The molecule has 1 saturated heterocycles. The van der Waals surface area contributed by atoms with Gasteiger partial charge in [-0.05, 0) is 90.3 Å². The molecule has 374 valence electrons. The number of hydrogen-bond donors (Lipinski definition) is 12. The molecule has 0 unspecified atom stereocenters. The third-order valence-corrected chi connectivity index (χ3v) is 14.9. The summed E-state index contributed by atoms with van der Waals surface area (Å²) in [7, 11) is 0. The SMILES string of the molecule is O=C(/C=C/c1ccc(O)c(Cc2cnc[nH]2)c1)N1c2cc(O[C@]3(O)O[C@H](CO)[C@@H](O)[C@H](O)[C@H]3O)c(O)cc2[C@H]2[C@H](C3(c4ccccc4O)CCCCC3)C(CC[C@H](O)c3ccc(CO)cc3)=C[C@]21C(=O)O. The molecule has 2 fully saturated rings. The minimum absolute atomic E-state index is 0.0133. The molecule has 18 nitrogen and oxygen atoms in total. The van der Waals surface area contributed by atoms with Crippen molar-refractivity contribution in [2.45, 2.75) is 111 Å². The Bertz CT molecular complexity index is 2830. The van der Waals surface area contributed by atoms with Crippen LogP contribution in [0.2, 0.25) is 0 Å². The maximum absolute atomic E-state index is 15.3. The lowest BCUT2D eigenvalue weighted by Gasteiger charge is -2.48. The highest BCUT2D eigenvalue weighted by molar-refractivity contribution is 6.13. The van der Waals surface area contributed by atoms with Gasteiger partial charge in [0, 0.05) is 52.9 Å². The van der Waals surface area contributed by atoms with Gasteiger partial charge in [0.25, 0.3) is 5.91 Å². The Morgan fingerprint density at radius 1 is 0.901 bits per heavy atom. The Balaban J connectivity index is 1.22. The molecule has 5 aromatic rings. The van der Waals surface area contributed by atoms with Crippen molar-refractivity contribution < 1.29 is 75.2 Å². The number of benzene rings is 4. The first-order valence-corrected chi connectivity index (χ1v) is 23.6. The van der Waals surface area contributed by atoms with Crippen LogP contribution in [0.25, 0.3) is 6.08 Å². The van der Waals surface area contributed by atoms with Gasteiger partial charge in [0.2, 0.25) is 0 Å². The molecular weight excluding hydrogens is 919 g/mol. The fourth-order valence-corrected chi connectivity index (χ4v) is 11.5. The second-order valence-corrected chi connectivity index (χ2v) is 19.0. The Hall–Kier alpha value is -6.61. The maximum Gasteiger partial charge on any atom is 0.355 e. The zero-order valence-corrected chi connectivity index (χ0v) is 38.5. The summed E-state index contributed by atoms with van der Waals surface area (Å²) in [4.78, 5) is 38.0. The van der Waals surface area contributed by atoms with Crippen LogP contribution in [0.4, 0.5) is 5.69 Å². The highest BCUT2D eigenvalue weighted by Gasteiger charge is 2.68. The number of phenols is 3. The fraction of sp³-hybridized carbons (Fsp3) is 0.377. The number of carboxylic acids is 1. The second-order valence-electron chi connectivity index (χ2n) is 19.0. The first-order chi connectivity index (χ1) is 34.0. The third-order valence-electron chi connectivity index (χ3n) is 14.9. The minimum Gasteiger partial charge on any atom is -0.508 e. The average Bonchev–Trinajstić information content (AvgIpc) is 4.08. The van der Waals surface area contributed by atoms with Gasteiger partial charge in [-0.1, -0.05) is 73.4 Å². The lowest BCUT2D eigenvalue weighted by molar-refractivity contribution is -0.422. The first-order valence-electron chi connectivity index (χ1n) is 23.6. The lowest BCUT2D eigenvalue weighted by Crippen LogP contribution is -2.67. The molecule has 9 rings (SSSR count). The van der Waals surface area contributed by atoms with Crippen LogP contribution in [0.3, 0.4) is 0 Å². The molecule has 2 aliphatic carbocycles. The van der Waals surface area contributed by atoms with Crippen molar-refractivity contribution in [1.82, 2.24) is 9.97 Å². The monoisotopic (exact) mass is 975 g/mol. The molecule has 71 heavy (non-hydrogen) atoms. The van der Waals surface area contributed by atoms with Crippen LogP contribution in [-0.2, 0) is 32.8 Å². The van der Waals surface area contributed by atoms with E-state index in [9.17, 15) is 61.0 Å². The van der Waals surface area contributed by atoms with Gasteiger partial charge < -0.3 is 70.6 Å². The number of aliphatic hydroxyl groups is 7. The predicted octanol–water partition coefficient (Wildman–Crippen LogP) is 4.05. The van der Waals surface area contributed by atoms with Crippen molar-refractivity contribution in [3.8, 4) is 23.0 Å². The largest absolute Gasteiger partial charge is 0.508 e. The number of hydrogen-bond acceptors (Lipinski definition) is 15. The van der Waals surface area contributed by atoms with E-state index in [0.29, 0.717) is 64.8 Å². The molecular formula is C53H57N3O15. The summed E-state index contributed by atoms with van der Waals surface area (Å²) < 4.78 is 11.1. The number of nitrogens with one attached hydrogen (secondary N) is 1. The van der Waals surface area contributed by atoms with Gasteiger partial charge in [0.1, 0.15) is 29.8 Å². The Morgan fingerprint density at radius 3 is 2.32 bits per heavy atom. The van der Waals surface area contributed by atoms with Crippen molar-refractivity contribution in [2.24, 2.45) is 5.92 Å². The molecule has 1 aromatic heterocycles. The molecule has 4 aromatic carbocycles. The summed E-state index contributed by atoms with van der Waals surface area (Å²) in [5.74, 6) is -8.89. The van der Waals surface area contributed by atoms with Gasteiger partial charge >= 0.3 is 11.9 Å². The smallest absolute Gasteiger partial charge is 0.355 e. The first kappa shape index (κ1) is 49.4. The summed E-state index contributed by atoms with van der Waals surface area (Å²) >= 11 is 0. The van der Waals surface area contributed by atoms with Gasteiger partial charge in [-0.25, -0.2) is 9.78 Å². The number of carbonyl (C=O) groups is 2. The van der Waals surface area contributed by atoms with E-state index in [-0.39, 0.29) is 48.6 Å². The summed E-state index contributed by atoms with van der Waals surface area (Å²) in [6, 6.07) is 20.7. The number of allylic oxidation sites excluding steroid dienone is 1. The standard InChI is InChI=1S/C53H57N3O15/c57-26-30-8-12-31(13-9-30)38(59)16-14-32-24-52(50(67)68)46(45(32)51(18-4-1-5-19-51)36-6-2-3-7-40(36)61)35-22-41(62)42(70-53(69)49(66)48(65)47(64)43(27-58)71-53)23-37(35)56(52)44(63)17-11-29-10-15-39(60)33(20-29)21-34-25-54-28-55-34/h2-3,6-13,15,17,20,22-25,28,38,43,45-49,57-62,64-66,69H,1,4-5,14,16,18-19,21,26-27H2,(H,54,55)(H,67,68)/b17-11+/t38-,43+,45+,46-,47+,48-,49+,52+,53-/m0/s1. The zero-order valence-electron chi connectivity index (χ0n) is 38.5. The second kappa shape index (κ2) is 19.5. The number of para-hydroxylation sites is 1. The van der Waals surface area contributed by atoms with Crippen LogP contribution < -0.4 is 9.64 Å². The van der Waals surface area contributed by atoms with Crippen LogP contribution in [0.5, 0.6) is 23.0 Å². The van der Waals surface area contributed by atoms with Crippen LogP contribution in [-0.4, -0.2) is 121 Å². The Morgan fingerprint density at radius 2 is 1.65 bits per heavy atom. The average molecular weight is 976 g/mol. The van der Waals surface area contributed by atoms with Gasteiger partial charge in [0.15, 0.2) is 23.1 Å². The normalized spacial score (nSPS) is 27.3. The highest BCUT2D eigenvalue weighted by Crippen LogP contribution is 2.67. The molecule has 3 heterocycles. The molecule has 4 aliphatic rings. The number of fused-ring (bicyclic) bond motifs is 3. The number of imidazole rings is 1. The number of ether oxygens (including phenoxy) is 2. The zero-order chi connectivity index (χ0) is 50.4. The molecule has 12 N–H and O–H groups in total. The number of phenolic OH excluding ortho intramolecular Hbond substituents is 3. The predicted molar refractivity (Wildman–Crippen MR) is 254 cm³/mol. The summed E-state index contributed by atoms with van der Waals surface area (Å²) in [5.41, 5.74) is 0.875. The summed E-state index contributed by atoms with van der Waals surface area (Å²) in [6.45, 7) is -1.12. The topological polar surface area (TPSA) is 307 Å². The third kappa shape index (κ3) is 8.73. The number of aliphatic carboxylic acids is 1. The van der Waals surface area contributed by atoms with E-state index in [1.807, 2.05) is 6.07 Å². The number of nitrogens with zero attached hydrogens (tertiary/aromatic N) is 2. The van der Waals surface area contributed by atoms with Crippen LogP contribution in [0, 0.1) is 5.92 Å². The van der Waals surface area contributed by atoms with Crippen molar-refractivity contribution in [2.75, 3.05) is 11.5 Å². The number of aromatic hydroxyl groups is 3. The van der Waals surface area contributed by atoms with E-state index in [2.05, 4.69) is 9.97 Å². The number of aromatic nitrogens is 2. The van der Waals surface area contributed by atoms with Crippen LogP contribution in [0.15, 0.2) is 109 Å². The van der Waals surface area contributed by atoms with Gasteiger partial charge in [0.05, 0.1) is 31.3 Å². The lowest BCUT2D eigenvalue weighted by atomic mass is 9.55. The molecule has 2 aliphatic heterocycles. The number of carboxylic acid groups (broad SMARTS) is 1. The maximum atomic E-state index is 15.3. The van der Waals surface area contributed by atoms with E-state index in [0.717, 1.165) is 17.4 Å². The number of rotatable bonds is 15. The van der Waals surface area contributed by atoms with E-state index in [4.69, 9.17) is 9.47 Å². The van der Waals surface area contributed by atoms with E-state index in [1.54, 1.807) is 66.9 Å². The highest BCUT2D eigenvalue weighted by atomic mass is 16.8. The Kier molecular flexibility index (Phi) is 13.6. The van der Waals surface area contributed by atoms with Crippen LogP contribution in [0.1, 0.15) is 96.0 Å². The molecule has 1 amide bonds. The van der Waals surface area contributed by atoms with E-state index >= 15 is 4.79 Å². The Labute approximate surface area is 407 Å². The fourth-order valence-electron chi connectivity index (χ4n) is 11.5. The van der Waals surface area contributed by atoms with Crippen molar-refractivity contribution >= 4 is 23.6 Å². The van der Waals surface area contributed by atoms with Crippen LogP contribution >= 0.6 is 0 Å².